The summed E-state index contributed by atoms with van der Waals surface area (Å²) in [5, 5.41) is 13.8. The molecule has 3 N–H and O–H groups in total. The first-order valence-corrected chi connectivity index (χ1v) is 20.5. The number of nitrogens with one attached hydrogen (secondary N) is 1. The van der Waals surface area contributed by atoms with E-state index in [1.807, 2.05) is 30.3 Å². The predicted molar refractivity (Wildman–Crippen MR) is 255 cm³/mol. The van der Waals surface area contributed by atoms with Gasteiger partial charge in [0, 0.05) is 38.2 Å². The van der Waals surface area contributed by atoms with Crippen LogP contribution in [0.4, 0.5) is 0 Å². The molecule has 0 aliphatic carbocycles. The summed E-state index contributed by atoms with van der Waals surface area (Å²) >= 11 is 0. The second-order valence-electron chi connectivity index (χ2n) is 15.3. The standard InChI is InChI=1S/C56H39N5/c57-55(39-22-8-3-9-23-39)59-56(58)47-32-33-52(60-48-28-14-10-24-43(48)44-25-11-15-29-49(44)60)54(61-50-30-16-12-26-45(50)46-27-13-17-31-51(46)61)53(47)42-35-40(37-18-4-1-5-19-37)34-41(36-42)38-20-6-2-7-21-38/h1-36H,(H3,57,58,59). The third-order valence-corrected chi connectivity index (χ3v) is 11.8. The van der Waals surface area contributed by atoms with Gasteiger partial charge in [-0.05, 0) is 82.4 Å². The fraction of sp³-hybridized carbons (Fsp3) is 0. The van der Waals surface area contributed by atoms with Crippen LogP contribution < -0.4 is 5.73 Å². The molecule has 0 aliphatic heterocycles. The van der Waals surface area contributed by atoms with Crippen molar-refractivity contribution < 1.29 is 0 Å². The van der Waals surface area contributed by atoms with Crippen LogP contribution >= 0.6 is 0 Å². The SMILES string of the molecule is N=C(N=C(N)c1ccc(-n2c3ccccc3c3ccccc32)c(-n2c3ccccc3c3ccccc32)c1-c1cc(-c2ccccc2)cc(-c2ccccc2)c1)c1ccccc1. The van der Waals surface area contributed by atoms with Crippen molar-refractivity contribution in [3.8, 4) is 44.8 Å². The lowest BCUT2D eigenvalue weighted by atomic mass is 9.89. The molecule has 0 radical (unpaired) electrons. The first-order chi connectivity index (χ1) is 30.1. The number of aliphatic imine (C=N–C) groups is 1. The van der Waals surface area contributed by atoms with Gasteiger partial charge in [0.2, 0.25) is 0 Å². The molecule has 0 aliphatic rings. The minimum atomic E-state index is 0.0944. The lowest BCUT2D eigenvalue weighted by Gasteiger charge is -2.24. The molecule has 0 amide bonds. The average Bonchev–Trinajstić information content (AvgIpc) is 3.84. The average molecular weight is 782 g/mol. The summed E-state index contributed by atoms with van der Waals surface area (Å²) in [6.07, 6.45) is 0. The predicted octanol–water partition coefficient (Wildman–Crippen LogP) is 13.6. The van der Waals surface area contributed by atoms with Crippen molar-refractivity contribution in [1.82, 2.24) is 9.13 Å². The molecule has 0 fully saturated rings. The second kappa shape index (κ2) is 14.8. The summed E-state index contributed by atoms with van der Waals surface area (Å²) in [6.45, 7) is 0. The van der Waals surface area contributed by atoms with E-state index in [2.05, 4.69) is 197 Å². The number of fused-ring (bicyclic) bond motifs is 6. The molecule has 0 bridgehead atoms. The molecule has 2 aromatic heterocycles. The first kappa shape index (κ1) is 35.8. The molecular weight excluding hydrogens is 743 g/mol. The highest BCUT2D eigenvalue weighted by Gasteiger charge is 2.26. The highest BCUT2D eigenvalue weighted by molar-refractivity contribution is 6.16. The topological polar surface area (TPSA) is 72.1 Å². The number of rotatable bonds is 7. The van der Waals surface area contributed by atoms with Crippen molar-refractivity contribution in [3.05, 3.63) is 230 Å². The van der Waals surface area contributed by atoms with Crippen LogP contribution in [-0.2, 0) is 0 Å². The Bertz CT molecular complexity index is 3320. The molecule has 61 heavy (non-hydrogen) atoms. The molecule has 9 aromatic carbocycles. The van der Waals surface area contributed by atoms with E-state index >= 15 is 0 Å². The Balaban J connectivity index is 1.34. The van der Waals surface area contributed by atoms with Crippen molar-refractivity contribution in [2.45, 2.75) is 0 Å². The zero-order valence-corrected chi connectivity index (χ0v) is 33.2. The number of aromatic nitrogens is 2. The molecular formula is C56H39N5. The van der Waals surface area contributed by atoms with E-state index in [9.17, 15) is 0 Å². The van der Waals surface area contributed by atoms with Gasteiger partial charge < -0.3 is 14.9 Å². The van der Waals surface area contributed by atoms with Gasteiger partial charge >= 0.3 is 0 Å². The van der Waals surface area contributed by atoms with Crippen LogP contribution in [0.5, 0.6) is 0 Å². The third kappa shape index (κ3) is 6.10. The van der Waals surface area contributed by atoms with Crippen molar-refractivity contribution in [2.24, 2.45) is 10.7 Å². The maximum absolute atomic E-state index is 9.15. The molecule has 0 spiro atoms. The molecule has 0 unspecified atom stereocenters. The van der Waals surface area contributed by atoms with Crippen LogP contribution in [-0.4, -0.2) is 20.8 Å². The highest BCUT2D eigenvalue weighted by atomic mass is 15.1. The molecule has 5 nitrogen and oxygen atoms in total. The fourth-order valence-corrected chi connectivity index (χ4v) is 9.05. The Labute approximate surface area is 353 Å². The normalized spacial score (nSPS) is 11.8. The van der Waals surface area contributed by atoms with Crippen molar-refractivity contribution >= 4 is 55.3 Å². The maximum atomic E-state index is 9.15. The largest absolute Gasteiger partial charge is 0.383 e. The minimum Gasteiger partial charge on any atom is -0.383 e. The van der Waals surface area contributed by atoms with Gasteiger partial charge in [0.1, 0.15) is 5.84 Å². The van der Waals surface area contributed by atoms with Crippen LogP contribution in [0.25, 0.3) is 88.4 Å². The number of hydrogen-bond acceptors (Lipinski definition) is 1. The Morgan fingerprint density at radius 1 is 0.393 bits per heavy atom. The van der Waals surface area contributed by atoms with Crippen molar-refractivity contribution in [1.29, 1.82) is 5.41 Å². The fourth-order valence-electron chi connectivity index (χ4n) is 9.05. The number of nitrogens with two attached hydrogens (primary N) is 1. The van der Waals surface area contributed by atoms with Crippen LogP contribution in [0, 0.1) is 5.41 Å². The van der Waals surface area contributed by atoms with Crippen molar-refractivity contribution in [2.75, 3.05) is 0 Å². The molecule has 2 heterocycles. The lowest BCUT2D eigenvalue weighted by Crippen LogP contribution is -2.19. The highest BCUT2D eigenvalue weighted by Crippen LogP contribution is 2.45. The van der Waals surface area contributed by atoms with Gasteiger partial charge in [-0.15, -0.1) is 0 Å². The second-order valence-corrected chi connectivity index (χ2v) is 15.3. The Morgan fingerprint density at radius 2 is 0.787 bits per heavy atom. The summed E-state index contributed by atoms with van der Waals surface area (Å²) in [4.78, 5) is 4.87. The molecule has 11 aromatic rings. The van der Waals surface area contributed by atoms with E-state index in [1.165, 1.54) is 10.8 Å². The zero-order valence-electron chi connectivity index (χ0n) is 33.2. The van der Waals surface area contributed by atoms with Gasteiger partial charge in [-0.1, -0.05) is 164 Å². The summed E-state index contributed by atoms with van der Waals surface area (Å²) in [5.41, 5.74) is 21.2. The Hall–Kier alpha value is -8.28. The first-order valence-electron chi connectivity index (χ1n) is 20.5. The molecule has 0 atom stereocenters. The van der Waals surface area contributed by atoms with Crippen LogP contribution in [0.3, 0.4) is 0 Å². The smallest absolute Gasteiger partial charge is 0.154 e. The lowest BCUT2D eigenvalue weighted by molar-refractivity contribution is 1.09. The monoisotopic (exact) mass is 781 g/mol. The van der Waals surface area contributed by atoms with Gasteiger partial charge in [0.15, 0.2) is 5.84 Å². The summed E-state index contributed by atoms with van der Waals surface area (Å²) in [7, 11) is 0. The van der Waals surface area contributed by atoms with Gasteiger partial charge in [-0.3, -0.25) is 5.41 Å². The minimum absolute atomic E-state index is 0.0944. The maximum Gasteiger partial charge on any atom is 0.154 e. The van der Waals surface area contributed by atoms with Crippen LogP contribution in [0.15, 0.2) is 223 Å². The number of hydrogen-bond donors (Lipinski definition) is 2. The number of amidine groups is 2. The van der Waals surface area contributed by atoms with Crippen LogP contribution in [0.1, 0.15) is 11.1 Å². The zero-order chi connectivity index (χ0) is 40.9. The molecule has 288 valence electrons. The third-order valence-electron chi connectivity index (χ3n) is 11.8. The van der Waals surface area contributed by atoms with E-state index in [-0.39, 0.29) is 11.7 Å². The van der Waals surface area contributed by atoms with E-state index < -0.39 is 0 Å². The summed E-state index contributed by atoms with van der Waals surface area (Å²) in [6, 6.07) is 76.3. The van der Waals surface area contributed by atoms with Gasteiger partial charge in [0.05, 0.1) is 33.4 Å². The summed E-state index contributed by atoms with van der Waals surface area (Å²) in [5.74, 6) is 0.350. The van der Waals surface area contributed by atoms with Gasteiger partial charge in [0.25, 0.3) is 0 Å². The van der Waals surface area contributed by atoms with Gasteiger partial charge in [-0.25, -0.2) is 4.99 Å². The van der Waals surface area contributed by atoms with E-state index in [0.29, 0.717) is 5.56 Å². The number of para-hydroxylation sites is 4. The molecule has 0 saturated heterocycles. The van der Waals surface area contributed by atoms with Crippen LogP contribution in [0.2, 0.25) is 0 Å². The van der Waals surface area contributed by atoms with E-state index in [0.717, 1.165) is 83.2 Å². The summed E-state index contributed by atoms with van der Waals surface area (Å²) < 4.78 is 4.81. The Morgan fingerprint density at radius 3 is 1.26 bits per heavy atom. The van der Waals surface area contributed by atoms with E-state index in [4.69, 9.17) is 16.1 Å². The van der Waals surface area contributed by atoms with Gasteiger partial charge in [-0.2, -0.15) is 0 Å². The number of nitrogens with zero attached hydrogens (tertiary/aromatic N) is 3. The molecule has 11 rings (SSSR count). The van der Waals surface area contributed by atoms with Crippen molar-refractivity contribution in [3.63, 3.8) is 0 Å². The Kier molecular flexibility index (Phi) is 8.72. The quantitative estimate of drug-likeness (QED) is 0.123. The molecule has 0 saturated carbocycles. The molecule has 5 heteroatoms. The van der Waals surface area contributed by atoms with E-state index in [1.54, 1.807) is 0 Å². The number of benzene rings is 9.